The lowest BCUT2D eigenvalue weighted by atomic mass is 10.1. The van der Waals surface area contributed by atoms with Crippen molar-refractivity contribution < 1.29 is 9.53 Å². The number of aromatic nitrogens is 3. The lowest BCUT2D eigenvalue weighted by Gasteiger charge is -2.14. The first kappa shape index (κ1) is 18.0. The minimum absolute atomic E-state index is 0.113. The fraction of sp³-hybridized carbons (Fsp3) is 0.150. The van der Waals surface area contributed by atoms with Crippen molar-refractivity contribution in [3.63, 3.8) is 0 Å². The van der Waals surface area contributed by atoms with Crippen LogP contribution in [0.4, 0.5) is 5.95 Å². The molecular formula is C20H19N5O2S. The standard InChI is InChI=1S/C20H19N5O2S/c1-12(13-4-3-5-16(8-13)27-2)22-19(26)17-9-15(11-28-17)14-6-7-18-23-20(21)24-25(18)10-14/h3-12H,1-2H3,(H2,21,24)(H,22,26)/t12-/m1/s1. The Balaban J connectivity index is 1.51. The predicted octanol–water partition coefficient (Wildman–Crippen LogP) is 3.54. The van der Waals surface area contributed by atoms with Crippen LogP contribution < -0.4 is 15.8 Å². The number of amides is 1. The number of pyridine rings is 1. The van der Waals surface area contributed by atoms with Gasteiger partial charge in [-0.05, 0) is 53.8 Å². The number of methoxy groups -OCH3 is 1. The molecule has 142 valence electrons. The van der Waals surface area contributed by atoms with Crippen LogP contribution in [0, 0.1) is 0 Å². The molecule has 0 unspecified atom stereocenters. The van der Waals surface area contributed by atoms with Crippen molar-refractivity contribution in [2.24, 2.45) is 0 Å². The largest absolute Gasteiger partial charge is 0.497 e. The number of anilines is 1. The highest BCUT2D eigenvalue weighted by Crippen LogP contribution is 2.27. The van der Waals surface area contributed by atoms with Gasteiger partial charge >= 0.3 is 0 Å². The maximum absolute atomic E-state index is 12.7. The van der Waals surface area contributed by atoms with Crippen LogP contribution in [-0.4, -0.2) is 27.6 Å². The Morgan fingerprint density at radius 3 is 2.93 bits per heavy atom. The highest BCUT2D eigenvalue weighted by Gasteiger charge is 2.15. The number of rotatable bonds is 5. The van der Waals surface area contributed by atoms with Gasteiger partial charge in [0.25, 0.3) is 5.91 Å². The van der Waals surface area contributed by atoms with Gasteiger partial charge in [0, 0.05) is 11.8 Å². The van der Waals surface area contributed by atoms with Gasteiger partial charge in [-0.2, -0.15) is 4.98 Å². The number of nitrogens with two attached hydrogens (primary N) is 1. The molecule has 4 rings (SSSR count). The Bertz CT molecular complexity index is 1150. The van der Waals surface area contributed by atoms with Crippen molar-refractivity contribution in [3.8, 4) is 16.9 Å². The second-order valence-electron chi connectivity index (χ2n) is 6.36. The van der Waals surface area contributed by atoms with Crippen molar-refractivity contribution in [2.75, 3.05) is 12.8 Å². The number of ether oxygens (including phenoxy) is 1. The molecule has 0 aliphatic heterocycles. The maximum Gasteiger partial charge on any atom is 0.261 e. The highest BCUT2D eigenvalue weighted by atomic mass is 32.1. The molecule has 0 radical (unpaired) electrons. The fourth-order valence-corrected chi connectivity index (χ4v) is 3.76. The van der Waals surface area contributed by atoms with Crippen LogP contribution in [0.2, 0.25) is 0 Å². The van der Waals surface area contributed by atoms with Crippen LogP contribution in [0.25, 0.3) is 16.8 Å². The molecule has 0 aliphatic carbocycles. The van der Waals surface area contributed by atoms with Crippen LogP contribution in [0.1, 0.15) is 28.2 Å². The Morgan fingerprint density at radius 1 is 1.25 bits per heavy atom. The molecular weight excluding hydrogens is 374 g/mol. The zero-order chi connectivity index (χ0) is 19.7. The molecule has 28 heavy (non-hydrogen) atoms. The van der Waals surface area contributed by atoms with Crippen LogP contribution in [0.15, 0.2) is 54.0 Å². The van der Waals surface area contributed by atoms with Gasteiger partial charge in [-0.1, -0.05) is 12.1 Å². The Labute approximate surface area is 165 Å². The van der Waals surface area contributed by atoms with Crippen LogP contribution in [-0.2, 0) is 0 Å². The summed E-state index contributed by atoms with van der Waals surface area (Å²) in [6.45, 7) is 1.95. The Morgan fingerprint density at radius 2 is 2.11 bits per heavy atom. The molecule has 1 amide bonds. The molecule has 0 aliphatic rings. The molecule has 0 fully saturated rings. The quantitative estimate of drug-likeness (QED) is 0.541. The van der Waals surface area contributed by atoms with Crippen LogP contribution >= 0.6 is 11.3 Å². The predicted molar refractivity (Wildman–Crippen MR) is 110 cm³/mol. The van der Waals surface area contributed by atoms with E-state index in [1.54, 1.807) is 11.6 Å². The van der Waals surface area contributed by atoms with Gasteiger partial charge in [0.15, 0.2) is 5.65 Å². The van der Waals surface area contributed by atoms with Crippen molar-refractivity contribution >= 4 is 28.8 Å². The van der Waals surface area contributed by atoms with E-state index in [1.807, 2.05) is 61.0 Å². The molecule has 3 N–H and O–H groups in total. The minimum Gasteiger partial charge on any atom is -0.497 e. The zero-order valence-electron chi connectivity index (χ0n) is 15.4. The van der Waals surface area contributed by atoms with Gasteiger partial charge in [0.1, 0.15) is 5.75 Å². The summed E-state index contributed by atoms with van der Waals surface area (Å²) in [5.41, 5.74) is 9.18. The van der Waals surface area contributed by atoms with Gasteiger partial charge in [0.05, 0.1) is 18.0 Å². The molecule has 0 saturated heterocycles. The molecule has 8 heteroatoms. The zero-order valence-corrected chi connectivity index (χ0v) is 16.2. The number of nitrogen functional groups attached to an aromatic ring is 1. The fourth-order valence-electron chi connectivity index (χ4n) is 2.94. The van der Waals surface area contributed by atoms with E-state index in [1.165, 1.54) is 11.3 Å². The number of nitrogens with one attached hydrogen (secondary N) is 1. The topological polar surface area (TPSA) is 94.5 Å². The number of carbonyl (C=O) groups excluding carboxylic acids is 1. The van der Waals surface area contributed by atoms with E-state index in [-0.39, 0.29) is 17.9 Å². The lowest BCUT2D eigenvalue weighted by Crippen LogP contribution is -2.25. The molecule has 1 atom stereocenters. The van der Waals surface area contributed by atoms with E-state index >= 15 is 0 Å². The number of hydrogen-bond acceptors (Lipinski definition) is 6. The van der Waals surface area contributed by atoms with Crippen molar-refractivity contribution in [3.05, 3.63) is 64.5 Å². The molecule has 0 spiro atoms. The van der Waals surface area contributed by atoms with Crippen molar-refractivity contribution in [1.29, 1.82) is 0 Å². The molecule has 7 nitrogen and oxygen atoms in total. The average Bonchev–Trinajstić information content (AvgIpc) is 3.33. The lowest BCUT2D eigenvalue weighted by molar-refractivity contribution is 0.0944. The summed E-state index contributed by atoms with van der Waals surface area (Å²) in [7, 11) is 1.63. The monoisotopic (exact) mass is 393 g/mol. The van der Waals surface area contributed by atoms with Crippen LogP contribution in [0.5, 0.6) is 5.75 Å². The van der Waals surface area contributed by atoms with E-state index in [2.05, 4.69) is 15.4 Å². The number of fused-ring (bicyclic) bond motifs is 1. The van der Waals surface area contributed by atoms with Gasteiger partial charge in [-0.3, -0.25) is 4.79 Å². The summed E-state index contributed by atoms with van der Waals surface area (Å²) in [6, 6.07) is 13.2. The first-order valence-electron chi connectivity index (χ1n) is 8.69. The van der Waals surface area contributed by atoms with Crippen molar-refractivity contribution in [1.82, 2.24) is 19.9 Å². The molecule has 0 saturated carbocycles. The first-order valence-corrected chi connectivity index (χ1v) is 9.57. The first-order chi connectivity index (χ1) is 13.5. The van der Waals surface area contributed by atoms with E-state index in [0.29, 0.717) is 10.5 Å². The van der Waals surface area contributed by atoms with E-state index in [9.17, 15) is 4.79 Å². The SMILES string of the molecule is COc1cccc([C@@H](C)NC(=O)c2cc(-c3ccc4nc(N)nn4c3)cs2)c1. The van der Waals surface area contributed by atoms with Crippen molar-refractivity contribution in [2.45, 2.75) is 13.0 Å². The third-order valence-electron chi connectivity index (χ3n) is 4.45. The summed E-state index contributed by atoms with van der Waals surface area (Å²) < 4.78 is 6.88. The Hall–Kier alpha value is -3.39. The summed E-state index contributed by atoms with van der Waals surface area (Å²) in [4.78, 5) is 17.4. The summed E-state index contributed by atoms with van der Waals surface area (Å²) in [6.07, 6.45) is 1.85. The molecule has 0 bridgehead atoms. The normalized spacial score (nSPS) is 12.1. The van der Waals surface area contributed by atoms with Gasteiger partial charge in [-0.15, -0.1) is 16.4 Å². The molecule has 1 aromatic carbocycles. The number of benzene rings is 1. The van der Waals surface area contributed by atoms with Gasteiger partial charge in [-0.25, -0.2) is 4.52 Å². The Kier molecular flexibility index (Phi) is 4.70. The summed E-state index contributed by atoms with van der Waals surface area (Å²) >= 11 is 1.40. The van der Waals surface area contributed by atoms with E-state index in [4.69, 9.17) is 10.5 Å². The molecule has 4 aromatic rings. The van der Waals surface area contributed by atoms with E-state index in [0.717, 1.165) is 22.4 Å². The van der Waals surface area contributed by atoms with Gasteiger partial charge < -0.3 is 15.8 Å². The smallest absolute Gasteiger partial charge is 0.261 e. The molecule has 3 heterocycles. The van der Waals surface area contributed by atoms with Crippen LogP contribution in [0.3, 0.4) is 0 Å². The second kappa shape index (κ2) is 7.32. The number of thiophene rings is 1. The minimum atomic E-state index is -0.136. The third-order valence-corrected chi connectivity index (χ3v) is 5.37. The van der Waals surface area contributed by atoms with E-state index < -0.39 is 0 Å². The number of carbonyl (C=O) groups is 1. The number of nitrogens with zero attached hydrogens (tertiary/aromatic N) is 3. The second-order valence-corrected chi connectivity index (χ2v) is 7.27. The maximum atomic E-state index is 12.7. The summed E-state index contributed by atoms with van der Waals surface area (Å²) in [5.74, 6) is 0.882. The molecule has 3 aromatic heterocycles. The number of hydrogen-bond donors (Lipinski definition) is 2. The highest BCUT2D eigenvalue weighted by molar-refractivity contribution is 7.12. The third kappa shape index (κ3) is 3.54. The average molecular weight is 393 g/mol. The summed E-state index contributed by atoms with van der Waals surface area (Å²) in [5, 5.41) is 9.11. The van der Waals surface area contributed by atoms with Gasteiger partial charge in [0.2, 0.25) is 5.95 Å².